The molecule has 2 aromatic carbocycles. The summed E-state index contributed by atoms with van der Waals surface area (Å²) in [6, 6.07) is 16.5. The highest BCUT2D eigenvalue weighted by Crippen LogP contribution is 2.23. The molecule has 2 N–H and O–H groups in total. The second-order valence-corrected chi connectivity index (χ2v) is 7.64. The molecular weight excluding hydrogens is 390 g/mol. The summed E-state index contributed by atoms with van der Waals surface area (Å²) in [5, 5.41) is 6.33. The Morgan fingerprint density at radius 2 is 1.86 bits per heavy atom. The van der Waals surface area contributed by atoms with Gasteiger partial charge < -0.3 is 20.3 Å². The van der Waals surface area contributed by atoms with Gasteiger partial charge >= 0.3 is 0 Å². The van der Waals surface area contributed by atoms with Crippen molar-refractivity contribution in [3.05, 3.63) is 70.7 Å². The second-order valence-electron chi connectivity index (χ2n) is 7.21. The number of likely N-dealkylation sites (N-methyl/N-ethyl adjacent to an activating group) is 1. The molecule has 2 aromatic rings. The molecule has 0 saturated carbocycles. The third-order valence-corrected chi connectivity index (χ3v) is 5.12. The van der Waals surface area contributed by atoms with Crippen LogP contribution < -0.4 is 10.6 Å². The van der Waals surface area contributed by atoms with Crippen molar-refractivity contribution in [3.8, 4) is 0 Å². The molecule has 29 heavy (non-hydrogen) atoms. The largest absolute Gasteiger partial charge is 0.373 e. The Kier molecular flexibility index (Phi) is 7.63. The third-order valence-electron chi connectivity index (χ3n) is 4.87. The SMILES string of the molecule is CN1CCO[C@H]([C@@H](NC(=O)CNC(=O)Cc2ccccc2)c2ccc(Cl)cc2)C1. The number of hydrogen-bond acceptors (Lipinski definition) is 4. The van der Waals surface area contributed by atoms with E-state index >= 15 is 0 Å². The highest BCUT2D eigenvalue weighted by atomic mass is 35.5. The molecule has 1 saturated heterocycles. The zero-order valence-corrected chi connectivity index (χ0v) is 17.2. The van der Waals surface area contributed by atoms with Crippen LogP contribution in [0.5, 0.6) is 0 Å². The third kappa shape index (κ3) is 6.56. The number of morpholine rings is 1. The molecule has 0 aliphatic carbocycles. The molecule has 2 amide bonds. The van der Waals surface area contributed by atoms with Crippen LogP contribution in [-0.4, -0.2) is 56.1 Å². The zero-order chi connectivity index (χ0) is 20.6. The van der Waals surface area contributed by atoms with Crippen LogP contribution in [0.2, 0.25) is 5.02 Å². The summed E-state index contributed by atoms with van der Waals surface area (Å²) in [6.07, 6.45) is 0.0598. The standard InChI is InChI=1S/C22H26ClN3O3/c1-26-11-12-29-19(15-26)22(17-7-9-18(23)10-8-17)25-21(28)14-24-20(27)13-16-5-3-2-4-6-16/h2-10,19,22H,11-15H2,1H3,(H,24,27)(H,25,28)/t19-,22-/m0/s1. The van der Waals surface area contributed by atoms with Gasteiger partial charge in [-0.05, 0) is 30.3 Å². The molecule has 1 fully saturated rings. The first-order chi connectivity index (χ1) is 14.0. The normalized spacial score (nSPS) is 18.1. The van der Waals surface area contributed by atoms with Crippen molar-refractivity contribution in [2.75, 3.05) is 33.3 Å². The van der Waals surface area contributed by atoms with Gasteiger partial charge in [0.2, 0.25) is 11.8 Å². The summed E-state index contributed by atoms with van der Waals surface area (Å²) in [5.74, 6) is -0.453. The molecule has 7 heteroatoms. The lowest BCUT2D eigenvalue weighted by molar-refractivity contribution is -0.127. The second kappa shape index (κ2) is 10.4. The highest BCUT2D eigenvalue weighted by Gasteiger charge is 2.29. The molecule has 3 rings (SSSR count). The molecule has 1 aliphatic rings. The van der Waals surface area contributed by atoms with Crippen LogP contribution in [0.25, 0.3) is 0 Å². The van der Waals surface area contributed by atoms with Gasteiger partial charge in [-0.15, -0.1) is 0 Å². The number of halogens is 1. The van der Waals surface area contributed by atoms with Gasteiger partial charge in [0, 0.05) is 18.1 Å². The van der Waals surface area contributed by atoms with E-state index in [1.807, 2.05) is 49.5 Å². The number of ether oxygens (including phenoxy) is 1. The van der Waals surface area contributed by atoms with Crippen molar-refractivity contribution >= 4 is 23.4 Å². The monoisotopic (exact) mass is 415 g/mol. The molecule has 154 valence electrons. The number of rotatable bonds is 7. The Hall–Kier alpha value is -2.41. The predicted molar refractivity (Wildman–Crippen MR) is 113 cm³/mol. The van der Waals surface area contributed by atoms with Crippen LogP contribution in [0.15, 0.2) is 54.6 Å². The molecule has 1 heterocycles. The van der Waals surface area contributed by atoms with Crippen molar-refractivity contribution in [1.29, 1.82) is 0 Å². The number of hydrogen-bond donors (Lipinski definition) is 2. The van der Waals surface area contributed by atoms with Crippen LogP contribution in [-0.2, 0) is 20.7 Å². The minimum atomic E-state index is -0.325. The minimum Gasteiger partial charge on any atom is -0.373 e. The summed E-state index contributed by atoms with van der Waals surface area (Å²) in [6.45, 7) is 2.08. The maximum Gasteiger partial charge on any atom is 0.239 e. The average molecular weight is 416 g/mol. The van der Waals surface area contributed by atoms with Crippen molar-refractivity contribution < 1.29 is 14.3 Å². The fourth-order valence-electron chi connectivity index (χ4n) is 3.32. The number of carbonyl (C=O) groups excluding carboxylic acids is 2. The number of carbonyl (C=O) groups is 2. The van der Waals surface area contributed by atoms with Gasteiger partial charge in [-0.25, -0.2) is 0 Å². The van der Waals surface area contributed by atoms with E-state index in [1.165, 1.54) is 0 Å². The molecule has 0 aromatic heterocycles. The van der Waals surface area contributed by atoms with Gasteiger partial charge in [0.25, 0.3) is 0 Å². The number of benzene rings is 2. The highest BCUT2D eigenvalue weighted by molar-refractivity contribution is 6.30. The maximum absolute atomic E-state index is 12.6. The van der Waals surface area contributed by atoms with E-state index in [4.69, 9.17) is 16.3 Å². The van der Waals surface area contributed by atoms with Crippen molar-refractivity contribution in [3.63, 3.8) is 0 Å². The van der Waals surface area contributed by atoms with Crippen molar-refractivity contribution in [1.82, 2.24) is 15.5 Å². The van der Waals surface area contributed by atoms with E-state index in [0.717, 1.165) is 17.7 Å². The van der Waals surface area contributed by atoms with E-state index in [9.17, 15) is 9.59 Å². The number of amides is 2. The van der Waals surface area contributed by atoms with Crippen LogP contribution in [0.1, 0.15) is 17.2 Å². The van der Waals surface area contributed by atoms with Crippen LogP contribution in [0, 0.1) is 0 Å². The van der Waals surface area contributed by atoms with Crippen LogP contribution >= 0.6 is 11.6 Å². The Morgan fingerprint density at radius 1 is 1.14 bits per heavy atom. The average Bonchev–Trinajstić information content (AvgIpc) is 2.72. The molecule has 0 radical (unpaired) electrons. The molecule has 2 atom stereocenters. The Morgan fingerprint density at radius 3 is 2.55 bits per heavy atom. The molecule has 1 aliphatic heterocycles. The Balaban J connectivity index is 1.60. The van der Waals surface area contributed by atoms with E-state index in [-0.39, 0.29) is 36.9 Å². The molecule has 6 nitrogen and oxygen atoms in total. The summed E-state index contributed by atoms with van der Waals surface area (Å²) in [7, 11) is 2.03. The van der Waals surface area contributed by atoms with Gasteiger partial charge in [-0.3, -0.25) is 9.59 Å². The van der Waals surface area contributed by atoms with Gasteiger partial charge in [-0.1, -0.05) is 54.1 Å². The lowest BCUT2D eigenvalue weighted by Gasteiger charge is -2.35. The van der Waals surface area contributed by atoms with Crippen LogP contribution in [0.3, 0.4) is 0 Å². The minimum absolute atomic E-state index is 0.0850. The topological polar surface area (TPSA) is 70.7 Å². The van der Waals surface area contributed by atoms with E-state index in [2.05, 4.69) is 15.5 Å². The molecular formula is C22H26ClN3O3. The van der Waals surface area contributed by atoms with E-state index < -0.39 is 0 Å². The van der Waals surface area contributed by atoms with Gasteiger partial charge in [0.05, 0.1) is 31.7 Å². The molecule has 0 unspecified atom stereocenters. The van der Waals surface area contributed by atoms with Crippen molar-refractivity contribution in [2.24, 2.45) is 0 Å². The lowest BCUT2D eigenvalue weighted by Crippen LogP contribution is -2.49. The quantitative estimate of drug-likeness (QED) is 0.727. The summed E-state index contributed by atoms with van der Waals surface area (Å²) in [4.78, 5) is 26.8. The number of nitrogens with zero attached hydrogens (tertiary/aromatic N) is 1. The first-order valence-electron chi connectivity index (χ1n) is 9.67. The van der Waals surface area contributed by atoms with Crippen LogP contribution in [0.4, 0.5) is 0 Å². The fourth-order valence-corrected chi connectivity index (χ4v) is 3.45. The predicted octanol–water partition coefficient (Wildman–Crippen LogP) is 2.19. The Labute approximate surface area is 176 Å². The lowest BCUT2D eigenvalue weighted by atomic mass is 10.00. The maximum atomic E-state index is 12.6. The van der Waals surface area contributed by atoms with Gasteiger partial charge in [0.1, 0.15) is 0 Å². The van der Waals surface area contributed by atoms with E-state index in [1.54, 1.807) is 12.1 Å². The Bertz CT molecular complexity index is 814. The summed E-state index contributed by atoms with van der Waals surface area (Å²) in [5.41, 5.74) is 1.82. The summed E-state index contributed by atoms with van der Waals surface area (Å²) >= 11 is 6.01. The van der Waals surface area contributed by atoms with E-state index in [0.29, 0.717) is 18.2 Å². The fraction of sp³-hybridized carbons (Fsp3) is 0.364. The zero-order valence-electron chi connectivity index (χ0n) is 16.4. The smallest absolute Gasteiger partial charge is 0.239 e. The molecule has 0 bridgehead atoms. The van der Waals surface area contributed by atoms with Gasteiger partial charge in [-0.2, -0.15) is 0 Å². The van der Waals surface area contributed by atoms with Gasteiger partial charge in [0.15, 0.2) is 0 Å². The molecule has 0 spiro atoms. The number of nitrogens with one attached hydrogen (secondary N) is 2. The van der Waals surface area contributed by atoms with Crippen molar-refractivity contribution in [2.45, 2.75) is 18.6 Å². The summed E-state index contributed by atoms with van der Waals surface area (Å²) < 4.78 is 5.92. The first kappa shape index (κ1) is 21.3. The first-order valence-corrected chi connectivity index (χ1v) is 10.0.